The molecule has 1 unspecified atom stereocenters. The van der Waals surface area contributed by atoms with Crippen molar-refractivity contribution < 1.29 is 17.9 Å². The third-order valence-corrected chi connectivity index (χ3v) is 2.23. The van der Waals surface area contributed by atoms with Crippen LogP contribution in [0.3, 0.4) is 0 Å². The van der Waals surface area contributed by atoms with E-state index < -0.39 is 12.3 Å². The number of rotatable bonds is 3. The third kappa shape index (κ3) is 3.22. The van der Waals surface area contributed by atoms with Gasteiger partial charge >= 0.3 is 6.18 Å². The molecule has 1 aromatic heterocycles. The number of ether oxygens (including phenoxy) is 1. The summed E-state index contributed by atoms with van der Waals surface area (Å²) in [5.41, 5.74) is 0. The lowest BCUT2D eigenvalue weighted by atomic mass is 10.4. The largest absolute Gasteiger partial charge is 0.464 e. The van der Waals surface area contributed by atoms with Crippen LogP contribution in [0.15, 0.2) is 10.7 Å². The predicted octanol–water partition coefficient (Wildman–Crippen LogP) is 2.61. The van der Waals surface area contributed by atoms with Gasteiger partial charge in [0.05, 0.1) is 10.7 Å². The molecule has 0 aromatic carbocycles. The van der Waals surface area contributed by atoms with Crippen LogP contribution in [-0.2, 0) is 0 Å². The van der Waals surface area contributed by atoms with Crippen LogP contribution in [0.1, 0.15) is 6.92 Å². The SMILES string of the molecule is CNc1ncc(Br)c(OC(C)C(F)(F)F)n1. The first-order valence-corrected chi connectivity index (χ1v) is 5.07. The molecule has 16 heavy (non-hydrogen) atoms. The van der Waals surface area contributed by atoms with Crippen molar-refractivity contribution in [3.8, 4) is 5.88 Å². The number of nitrogens with zero attached hydrogens (tertiary/aromatic N) is 2. The second kappa shape index (κ2) is 4.86. The minimum absolute atomic E-state index is 0.149. The van der Waals surface area contributed by atoms with E-state index in [1.54, 1.807) is 7.05 Å². The van der Waals surface area contributed by atoms with Gasteiger partial charge in [-0.05, 0) is 22.9 Å². The Hall–Kier alpha value is -1.05. The van der Waals surface area contributed by atoms with Crippen LogP contribution in [-0.4, -0.2) is 29.3 Å². The van der Waals surface area contributed by atoms with Gasteiger partial charge in [0.2, 0.25) is 11.8 Å². The molecule has 0 fully saturated rings. The van der Waals surface area contributed by atoms with Crippen LogP contribution in [0.5, 0.6) is 5.88 Å². The zero-order valence-corrected chi connectivity index (χ0v) is 10.1. The Morgan fingerprint density at radius 3 is 2.62 bits per heavy atom. The molecule has 8 heteroatoms. The van der Waals surface area contributed by atoms with E-state index >= 15 is 0 Å². The number of anilines is 1. The van der Waals surface area contributed by atoms with E-state index in [-0.39, 0.29) is 16.3 Å². The summed E-state index contributed by atoms with van der Waals surface area (Å²) in [5.74, 6) is 0.0387. The minimum Gasteiger partial charge on any atom is -0.464 e. The Kier molecular flexibility index (Phi) is 3.95. The van der Waals surface area contributed by atoms with Crippen molar-refractivity contribution in [2.45, 2.75) is 19.2 Å². The van der Waals surface area contributed by atoms with Gasteiger partial charge in [0.25, 0.3) is 0 Å². The van der Waals surface area contributed by atoms with Crippen molar-refractivity contribution in [3.05, 3.63) is 10.7 Å². The Morgan fingerprint density at radius 1 is 1.50 bits per heavy atom. The van der Waals surface area contributed by atoms with Crippen molar-refractivity contribution in [2.24, 2.45) is 0 Å². The number of nitrogens with one attached hydrogen (secondary N) is 1. The van der Waals surface area contributed by atoms with Crippen LogP contribution in [0.25, 0.3) is 0 Å². The molecule has 1 heterocycles. The summed E-state index contributed by atoms with van der Waals surface area (Å²) in [6.07, 6.45) is -5.04. The summed E-state index contributed by atoms with van der Waals surface area (Å²) in [4.78, 5) is 7.55. The molecule has 1 atom stereocenters. The second-order valence-electron chi connectivity index (χ2n) is 2.90. The normalized spacial score (nSPS) is 13.4. The first-order valence-electron chi connectivity index (χ1n) is 4.28. The van der Waals surface area contributed by atoms with Crippen LogP contribution in [0.4, 0.5) is 19.1 Å². The Labute approximate surface area is 98.4 Å². The number of alkyl halides is 3. The molecule has 0 saturated carbocycles. The molecule has 1 aromatic rings. The van der Waals surface area contributed by atoms with Gasteiger partial charge in [-0.25, -0.2) is 4.98 Å². The van der Waals surface area contributed by atoms with Gasteiger partial charge in [-0.2, -0.15) is 18.2 Å². The van der Waals surface area contributed by atoms with E-state index in [0.29, 0.717) is 0 Å². The maximum Gasteiger partial charge on any atom is 0.425 e. The van der Waals surface area contributed by atoms with E-state index in [2.05, 4.69) is 36.0 Å². The third-order valence-electron chi connectivity index (χ3n) is 1.68. The number of halogens is 4. The van der Waals surface area contributed by atoms with E-state index in [0.717, 1.165) is 6.92 Å². The number of aromatic nitrogens is 2. The monoisotopic (exact) mass is 299 g/mol. The van der Waals surface area contributed by atoms with Crippen molar-refractivity contribution in [3.63, 3.8) is 0 Å². The average molecular weight is 300 g/mol. The van der Waals surface area contributed by atoms with E-state index in [4.69, 9.17) is 0 Å². The fraction of sp³-hybridized carbons (Fsp3) is 0.500. The Balaban J connectivity index is 2.88. The molecule has 0 bridgehead atoms. The lowest BCUT2D eigenvalue weighted by Gasteiger charge is -2.17. The second-order valence-corrected chi connectivity index (χ2v) is 3.75. The van der Waals surface area contributed by atoms with E-state index in [1.807, 2.05) is 0 Å². The predicted molar refractivity (Wildman–Crippen MR) is 55.4 cm³/mol. The molecule has 0 amide bonds. The first-order chi connectivity index (χ1) is 7.34. The molecule has 0 aliphatic carbocycles. The molecule has 0 aliphatic rings. The van der Waals surface area contributed by atoms with Crippen molar-refractivity contribution in [1.82, 2.24) is 9.97 Å². The zero-order chi connectivity index (χ0) is 12.3. The highest BCUT2D eigenvalue weighted by Crippen LogP contribution is 2.28. The van der Waals surface area contributed by atoms with Crippen molar-refractivity contribution in [1.29, 1.82) is 0 Å². The van der Waals surface area contributed by atoms with Gasteiger partial charge in [-0.3, -0.25) is 0 Å². The maximum absolute atomic E-state index is 12.2. The van der Waals surface area contributed by atoms with E-state index in [1.165, 1.54) is 6.20 Å². The molecule has 90 valence electrons. The van der Waals surface area contributed by atoms with Gasteiger partial charge in [0.1, 0.15) is 0 Å². The molecule has 1 N–H and O–H groups in total. The molecule has 0 aliphatic heterocycles. The van der Waals surface area contributed by atoms with Crippen LogP contribution in [0.2, 0.25) is 0 Å². The van der Waals surface area contributed by atoms with E-state index in [9.17, 15) is 13.2 Å². The molecule has 0 radical (unpaired) electrons. The molecule has 0 spiro atoms. The summed E-state index contributed by atoms with van der Waals surface area (Å²) in [6.45, 7) is 0.910. The summed E-state index contributed by atoms with van der Waals surface area (Å²) >= 11 is 3.01. The smallest absolute Gasteiger partial charge is 0.425 e. The highest BCUT2D eigenvalue weighted by atomic mass is 79.9. The molecule has 1 rings (SSSR count). The topological polar surface area (TPSA) is 47.0 Å². The van der Waals surface area contributed by atoms with Gasteiger partial charge in [-0.1, -0.05) is 0 Å². The quantitative estimate of drug-likeness (QED) is 0.932. The fourth-order valence-corrected chi connectivity index (χ4v) is 1.07. The number of hydrogen-bond acceptors (Lipinski definition) is 4. The van der Waals surface area contributed by atoms with Gasteiger partial charge in [0.15, 0.2) is 6.10 Å². The molecule has 4 nitrogen and oxygen atoms in total. The molecular formula is C8H9BrF3N3O. The van der Waals surface area contributed by atoms with Crippen LogP contribution >= 0.6 is 15.9 Å². The summed E-state index contributed by atoms with van der Waals surface area (Å²) in [6, 6.07) is 0. The summed E-state index contributed by atoms with van der Waals surface area (Å²) in [5, 5.41) is 2.60. The first kappa shape index (κ1) is 13.0. The molecule has 0 saturated heterocycles. The lowest BCUT2D eigenvalue weighted by Crippen LogP contribution is -2.31. The standard InChI is InChI=1S/C8H9BrF3N3O/c1-4(8(10,11)12)16-6-5(9)3-14-7(13-2)15-6/h3-4H,1-2H3,(H,13,14,15). The van der Waals surface area contributed by atoms with Gasteiger partial charge in [-0.15, -0.1) is 0 Å². The van der Waals surface area contributed by atoms with Crippen LogP contribution < -0.4 is 10.1 Å². The highest BCUT2D eigenvalue weighted by Gasteiger charge is 2.38. The van der Waals surface area contributed by atoms with Crippen LogP contribution in [0, 0.1) is 0 Å². The Bertz CT molecular complexity index is 372. The van der Waals surface area contributed by atoms with Gasteiger partial charge in [0, 0.05) is 7.05 Å². The average Bonchev–Trinajstić information content (AvgIpc) is 2.19. The maximum atomic E-state index is 12.2. The highest BCUT2D eigenvalue weighted by molar-refractivity contribution is 9.10. The van der Waals surface area contributed by atoms with Crippen molar-refractivity contribution in [2.75, 3.05) is 12.4 Å². The Morgan fingerprint density at radius 2 is 2.12 bits per heavy atom. The van der Waals surface area contributed by atoms with Crippen molar-refractivity contribution >= 4 is 21.9 Å². The minimum atomic E-state index is -4.43. The van der Waals surface area contributed by atoms with Gasteiger partial charge < -0.3 is 10.1 Å². The lowest BCUT2D eigenvalue weighted by molar-refractivity contribution is -0.190. The molecular weight excluding hydrogens is 291 g/mol. The zero-order valence-electron chi connectivity index (χ0n) is 8.47. The summed E-state index contributed by atoms with van der Waals surface area (Å²) < 4.78 is 41.7. The fourth-order valence-electron chi connectivity index (χ4n) is 0.789. The number of hydrogen-bond donors (Lipinski definition) is 1. The summed E-state index contributed by atoms with van der Waals surface area (Å²) in [7, 11) is 1.56.